The summed E-state index contributed by atoms with van der Waals surface area (Å²) in [5.41, 5.74) is 4.80. The quantitative estimate of drug-likeness (QED) is 0.488. The maximum Gasteiger partial charge on any atom is 0.298 e. The van der Waals surface area contributed by atoms with E-state index in [2.05, 4.69) is 26.3 Å². The average Bonchev–Trinajstić information content (AvgIpc) is 3.57. The lowest BCUT2D eigenvalue weighted by Gasteiger charge is -2.29. The predicted octanol–water partition coefficient (Wildman–Crippen LogP) is 4.74. The van der Waals surface area contributed by atoms with Gasteiger partial charge in [-0.15, -0.1) is 11.3 Å². The zero-order valence-corrected chi connectivity index (χ0v) is 18.2. The fraction of sp³-hybridized carbons (Fsp3) is 0.292. The number of nitrogens with one attached hydrogen (secondary N) is 1. The number of carbonyl (C=O) groups excluding carboxylic acids is 1. The van der Waals surface area contributed by atoms with Crippen LogP contribution in [0.3, 0.4) is 0 Å². The van der Waals surface area contributed by atoms with Crippen molar-refractivity contribution in [3.8, 4) is 17.0 Å². The summed E-state index contributed by atoms with van der Waals surface area (Å²) in [6.07, 6.45) is 2.44. The van der Waals surface area contributed by atoms with Crippen LogP contribution in [0.4, 0.5) is 11.1 Å². The van der Waals surface area contributed by atoms with Gasteiger partial charge in [-0.05, 0) is 48.7 Å². The number of ether oxygens (including phenoxy) is 1. The molecule has 6 rings (SSSR count). The van der Waals surface area contributed by atoms with Crippen LogP contribution in [0.25, 0.3) is 22.4 Å². The predicted molar refractivity (Wildman–Crippen MR) is 124 cm³/mol. The molecule has 32 heavy (non-hydrogen) atoms. The number of oxazole rings is 1. The van der Waals surface area contributed by atoms with Crippen molar-refractivity contribution in [1.82, 2.24) is 9.97 Å². The number of carbonyl (C=O) groups is 1. The normalized spacial score (nSPS) is 16.2. The van der Waals surface area contributed by atoms with Crippen LogP contribution in [0.5, 0.6) is 5.75 Å². The molecular formula is C24H22N4O3S. The number of amides is 1. The molecule has 0 bridgehead atoms. The van der Waals surface area contributed by atoms with E-state index >= 15 is 0 Å². The summed E-state index contributed by atoms with van der Waals surface area (Å²) in [7, 11) is 0. The Morgan fingerprint density at radius 1 is 1.12 bits per heavy atom. The SMILES string of the molecule is O=C(Nc1nc(-c2ccc3c(c2)CCO3)cs1)C1CCN(c2nc3ccccc3o2)CC1. The largest absolute Gasteiger partial charge is 0.493 e. The lowest BCUT2D eigenvalue weighted by molar-refractivity contribution is -0.120. The van der Waals surface area contributed by atoms with Gasteiger partial charge in [0.15, 0.2) is 10.7 Å². The first-order valence-corrected chi connectivity index (χ1v) is 11.7. The number of anilines is 2. The van der Waals surface area contributed by atoms with Gasteiger partial charge in [-0.1, -0.05) is 12.1 Å². The number of nitrogens with zero attached hydrogens (tertiary/aromatic N) is 3. The standard InChI is InChI=1S/C24H22N4O3S/c29-22(15-7-10-28(11-8-15)24-26-18-3-1-2-4-21(18)31-24)27-23-25-19(14-32-23)16-5-6-20-17(13-16)9-12-30-20/h1-6,13-15H,7-12H2,(H,25,27,29). The number of piperidine rings is 1. The summed E-state index contributed by atoms with van der Waals surface area (Å²) in [4.78, 5) is 24.2. The van der Waals surface area contributed by atoms with Crippen LogP contribution in [-0.4, -0.2) is 35.6 Å². The fourth-order valence-corrected chi connectivity index (χ4v) is 5.07. The van der Waals surface area contributed by atoms with Crippen LogP contribution in [0.15, 0.2) is 52.3 Å². The molecule has 2 aromatic heterocycles. The van der Waals surface area contributed by atoms with Gasteiger partial charge in [0.25, 0.3) is 6.01 Å². The van der Waals surface area contributed by atoms with Gasteiger partial charge in [-0.3, -0.25) is 4.79 Å². The Hall–Kier alpha value is -3.39. The van der Waals surface area contributed by atoms with E-state index in [0.717, 1.165) is 67.1 Å². The summed E-state index contributed by atoms with van der Waals surface area (Å²) in [5, 5.41) is 5.65. The molecule has 0 radical (unpaired) electrons. The molecule has 8 heteroatoms. The monoisotopic (exact) mass is 446 g/mol. The number of para-hydroxylation sites is 2. The molecule has 2 aliphatic heterocycles. The number of fused-ring (bicyclic) bond motifs is 2. The molecule has 2 aliphatic rings. The van der Waals surface area contributed by atoms with Crippen molar-refractivity contribution >= 4 is 39.5 Å². The number of aromatic nitrogens is 2. The Morgan fingerprint density at radius 2 is 2.00 bits per heavy atom. The van der Waals surface area contributed by atoms with Crippen LogP contribution < -0.4 is 15.0 Å². The molecule has 1 fully saturated rings. The van der Waals surface area contributed by atoms with Gasteiger partial charge in [-0.25, -0.2) is 4.98 Å². The van der Waals surface area contributed by atoms with Gasteiger partial charge in [0.05, 0.1) is 12.3 Å². The highest BCUT2D eigenvalue weighted by molar-refractivity contribution is 7.14. The lowest BCUT2D eigenvalue weighted by atomic mass is 9.96. The Bertz CT molecular complexity index is 1260. The van der Waals surface area contributed by atoms with E-state index in [0.29, 0.717) is 11.1 Å². The summed E-state index contributed by atoms with van der Waals surface area (Å²) < 4.78 is 11.4. The van der Waals surface area contributed by atoms with Gasteiger partial charge in [0.1, 0.15) is 11.3 Å². The van der Waals surface area contributed by atoms with Crippen molar-refractivity contribution in [2.24, 2.45) is 5.92 Å². The number of hydrogen-bond donors (Lipinski definition) is 1. The van der Waals surface area contributed by atoms with Crippen molar-refractivity contribution < 1.29 is 13.9 Å². The molecule has 7 nitrogen and oxygen atoms in total. The third kappa shape index (κ3) is 3.60. The molecule has 2 aromatic carbocycles. The second kappa shape index (κ2) is 7.94. The van der Waals surface area contributed by atoms with Crippen LogP contribution in [0, 0.1) is 5.92 Å². The average molecular weight is 447 g/mol. The van der Waals surface area contributed by atoms with Crippen molar-refractivity contribution in [2.45, 2.75) is 19.3 Å². The van der Waals surface area contributed by atoms with E-state index in [-0.39, 0.29) is 11.8 Å². The van der Waals surface area contributed by atoms with Crippen molar-refractivity contribution in [1.29, 1.82) is 0 Å². The Labute approximate surface area is 189 Å². The maximum atomic E-state index is 12.8. The lowest BCUT2D eigenvalue weighted by Crippen LogP contribution is -2.38. The minimum Gasteiger partial charge on any atom is -0.493 e. The first-order chi connectivity index (χ1) is 15.7. The van der Waals surface area contributed by atoms with Gasteiger partial charge >= 0.3 is 0 Å². The molecule has 0 aliphatic carbocycles. The molecule has 4 heterocycles. The van der Waals surface area contributed by atoms with Crippen LogP contribution in [-0.2, 0) is 11.2 Å². The van der Waals surface area contributed by atoms with Gasteiger partial charge in [-0.2, -0.15) is 4.98 Å². The Morgan fingerprint density at radius 3 is 2.88 bits per heavy atom. The van der Waals surface area contributed by atoms with Gasteiger partial charge in [0.2, 0.25) is 5.91 Å². The Kier molecular flexibility index (Phi) is 4.79. The van der Waals surface area contributed by atoms with Crippen molar-refractivity contribution in [3.63, 3.8) is 0 Å². The first kappa shape index (κ1) is 19.3. The van der Waals surface area contributed by atoms with E-state index in [1.54, 1.807) is 0 Å². The van der Waals surface area contributed by atoms with E-state index in [4.69, 9.17) is 9.15 Å². The summed E-state index contributed by atoms with van der Waals surface area (Å²) in [6, 6.07) is 14.5. The molecule has 0 saturated carbocycles. The number of benzene rings is 2. The first-order valence-electron chi connectivity index (χ1n) is 10.9. The Balaban J connectivity index is 1.08. The number of rotatable bonds is 4. The zero-order valence-electron chi connectivity index (χ0n) is 17.4. The highest BCUT2D eigenvalue weighted by atomic mass is 32.1. The molecule has 162 valence electrons. The molecule has 1 amide bonds. The van der Waals surface area contributed by atoms with Crippen molar-refractivity contribution in [3.05, 3.63) is 53.4 Å². The second-order valence-corrected chi connectivity index (χ2v) is 9.03. The van der Waals surface area contributed by atoms with Crippen LogP contribution in [0.2, 0.25) is 0 Å². The van der Waals surface area contributed by atoms with Crippen LogP contribution in [0.1, 0.15) is 18.4 Å². The summed E-state index contributed by atoms with van der Waals surface area (Å²) >= 11 is 1.46. The number of hydrogen-bond acceptors (Lipinski definition) is 7. The highest BCUT2D eigenvalue weighted by Crippen LogP contribution is 2.32. The summed E-state index contributed by atoms with van der Waals surface area (Å²) in [6.45, 7) is 2.22. The van der Waals surface area contributed by atoms with E-state index < -0.39 is 0 Å². The minimum absolute atomic E-state index is 0.0328. The maximum absolute atomic E-state index is 12.8. The molecule has 1 saturated heterocycles. The molecule has 0 unspecified atom stereocenters. The van der Waals surface area contributed by atoms with E-state index in [1.165, 1.54) is 16.9 Å². The number of thiazole rings is 1. The van der Waals surface area contributed by atoms with Crippen molar-refractivity contribution in [2.75, 3.05) is 29.9 Å². The topological polar surface area (TPSA) is 80.5 Å². The minimum atomic E-state index is -0.0416. The highest BCUT2D eigenvalue weighted by Gasteiger charge is 2.28. The zero-order chi connectivity index (χ0) is 21.5. The smallest absolute Gasteiger partial charge is 0.298 e. The molecule has 1 N–H and O–H groups in total. The third-order valence-electron chi connectivity index (χ3n) is 6.14. The second-order valence-electron chi connectivity index (χ2n) is 8.17. The molecule has 0 atom stereocenters. The van der Waals surface area contributed by atoms with E-state index in [9.17, 15) is 4.79 Å². The van der Waals surface area contributed by atoms with Gasteiger partial charge in [0, 0.05) is 36.4 Å². The van der Waals surface area contributed by atoms with E-state index in [1.807, 2.05) is 41.8 Å². The third-order valence-corrected chi connectivity index (χ3v) is 6.90. The molecular weight excluding hydrogens is 424 g/mol. The summed E-state index contributed by atoms with van der Waals surface area (Å²) in [5.74, 6) is 0.951. The van der Waals surface area contributed by atoms with Gasteiger partial charge < -0.3 is 19.4 Å². The molecule has 4 aromatic rings. The van der Waals surface area contributed by atoms with Crippen LogP contribution >= 0.6 is 11.3 Å². The molecule has 0 spiro atoms. The fourth-order valence-electron chi connectivity index (χ4n) is 4.35.